The summed E-state index contributed by atoms with van der Waals surface area (Å²) in [4.78, 5) is 10.3. The van der Waals surface area contributed by atoms with Crippen LogP contribution in [0.2, 0.25) is 0 Å². The molecule has 0 aromatic carbocycles. The molecule has 0 aliphatic carbocycles. The number of carbonyl (C=O) groups is 1. The van der Waals surface area contributed by atoms with Gasteiger partial charge in [0.15, 0.2) is 0 Å². The molecule has 0 aromatic rings. The molecule has 82 valence electrons. The van der Waals surface area contributed by atoms with E-state index in [0.29, 0.717) is 0 Å². The van der Waals surface area contributed by atoms with Gasteiger partial charge in [0.25, 0.3) is 0 Å². The molecular weight excluding hydrogens is 199 g/mol. The SMILES string of the molecule is O=C(O)C[C@H]1C[C@@H](C(F)(F)F)CCN1. The summed E-state index contributed by atoms with van der Waals surface area (Å²) in [5.74, 6) is -2.42. The number of carboxylic acids is 1. The van der Waals surface area contributed by atoms with E-state index in [1.165, 1.54) is 0 Å². The van der Waals surface area contributed by atoms with Crippen molar-refractivity contribution < 1.29 is 23.1 Å². The molecule has 2 atom stereocenters. The molecule has 2 N–H and O–H groups in total. The first kappa shape index (κ1) is 11.3. The summed E-state index contributed by atoms with van der Waals surface area (Å²) in [7, 11) is 0. The van der Waals surface area contributed by atoms with E-state index in [-0.39, 0.29) is 25.8 Å². The Hall–Kier alpha value is -0.780. The Balaban J connectivity index is 2.48. The van der Waals surface area contributed by atoms with E-state index in [4.69, 9.17) is 5.11 Å². The largest absolute Gasteiger partial charge is 0.481 e. The van der Waals surface area contributed by atoms with Gasteiger partial charge in [0.05, 0.1) is 12.3 Å². The van der Waals surface area contributed by atoms with Gasteiger partial charge in [-0.1, -0.05) is 0 Å². The zero-order valence-electron chi connectivity index (χ0n) is 7.47. The van der Waals surface area contributed by atoms with Crippen LogP contribution in [-0.2, 0) is 4.79 Å². The minimum Gasteiger partial charge on any atom is -0.481 e. The van der Waals surface area contributed by atoms with E-state index in [1.807, 2.05) is 0 Å². The highest BCUT2D eigenvalue weighted by Gasteiger charge is 2.42. The Morgan fingerprint density at radius 2 is 2.14 bits per heavy atom. The van der Waals surface area contributed by atoms with Crippen molar-refractivity contribution in [2.24, 2.45) is 5.92 Å². The monoisotopic (exact) mass is 211 g/mol. The van der Waals surface area contributed by atoms with Crippen molar-refractivity contribution in [2.45, 2.75) is 31.5 Å². The molecule has 1 rings (SSSR count). The third-order valence-corrected chi connectivity index (χ3v) is 2.38. The van der Waals surface area contributed by atoms with Crippen molar-refractivity contribution in [1.29, 1.82) is 0 Å². The predicted octanol–water partition coefficient (Wildman–Crippen LogP) is 1.39. The number of nitrogens with one attached hydrogen (secondary N) is 1. The molecule has 0 radical (unpaired) electrons. The lowest BCUT2D eigenvalue weighted by atomic mass is 9.90. The van der Waals surface area contributed by atoms with Gasteiger partial charge >= 0.3 is 12.1 Å². The Labute approximate surface area is 79.3 Å². The molecule has 0 spiro atoms. The highest BCUT2D eigenvalue weighted by Crippen LogP contribution is 2.34. The van der Waals surface area contributed by atoms with Crippen LogP contribution >= 0.6 is 0 Å². The average molecular weight is 211 g/mol. The Bertz CT molecular complexity index is 217. The standard InChI is InChI=1S/C8H12F3NO2/c9-8(10,11)5-1-2-12-6(3-5)4-7(13)14/h5-6,12H,1-4H2,(H,13,14)/t5-,6+/m0/s1. The van der Waals surface area contributed by atoms with E-state index in [1.54, 1.807) is 0 Å². The summed E-state index contributed by atoms with van der Waals surface area (Å²) in [5, 5.41) is 11.2. The summed E-state index contributed by atoms with van der Waals surface area (Å²) in [5.41, 5.74) is 0. The number of carboxylic acid groups (broad SMARTS) is 1. The molecule has 1 saturated heterocycles. The molecule has 0 aromatic heterocycles. The predicted molar refractivity (Wildman–Crippen MR) is 42.8 cm³/mol. The van der Waals surface area contributed by atoms with Gasteiger partial charge in [0, 0.05) is 6.04 Å². The third-order valence-electron chi connectivity index (χ3n) is 2.38. The molecule has 1 fully saturated rings. The van der Waals surface area contributed by atoms with Gasteiger partial charge in [-0.15, -0.1) is 0 Å². The molecule has 1 aliphatic rings. The van der Waals surface area contributed by atoms with E-state index in [0.717, 1.165) is 0 Å². The number of halogens is 3. The van der Waals surface area contributed by atoms with Crippen molar-refractivity contribution in [3.05, 3.63) is 0 Å². The van der Waals surface area contributed by atoms with Crippen LogP contribution in [0, 0.1) is 5.92 Å². The van der Waals surface area contributed by atoms with Crippen molar-refractivity contribution >= 4 is 5.97 Å². The molecule has 6 heteroatoms. The second-order valence-electron chi connectivity index (χ2n) is 3.51. The summed E-state index contributed by atoms with van der Waals surface area (Å²) in [6.45, 7) is 0.238. The van der Waals surface area contributed by atoms with Crippen LogP contribution in [-0.4, -0.2) is 29.8 Å². The maximum absolute atomic E-state index is 12.3. The lowest BCUT2D eigenvalue weighted by Crippen LogP contribution is -2.43. The van der Waals surface area contributed by atoms with Crippen LogP contribution < -0.4 is 5.32 Å². The summed E-state index contributed by atoms with van der Waals surface area (Å²) < 4.78 is 36.8. The normalized spacial score (nSPS) is 28.8. The molecule has 0 amide bonds. The number of aliphatic carboxylic acids is 1. The van der Waals surface area contributed by atoms with E-state index < -0.39 is 24.1 Å². The van der Waals surface area contributed by atoms with Crippen LogP contribution in [0.5, 0.6) is 0 Å². The fourth-order valence-electron chi connectivity index (χ4n) is 1.67. The number of alkyl halides is 3. The fraction of sp³-hybridized carbons (Fsp3) is 0.875. The fourth-order valence-corrected chi connectivity index (χ4v) is 1.67. The van der Waals surface area contributed by atoms with Gasteiger partial charge in [0.2, 0.25) is 0 Å². The Morgan fingerprint density at radius 1 is 1.50 bits per heavy atom. The van der Waals surface area contributed by atoms with Gasteiger partial charge in [0.1, 0.15) is 0 Å². The maximum atomic E-state index is 12.3. The van der Waals surface area contributed by atoms with Gasteiger partial charge < -0.3 is 10.4 Å². The Morgan fingerprint density at radius 3 is 2.64 bits per heavy atom. The number of hydrogen-bond donors (Lipinski definition) is 2. The van der Waals surface area contributed by atoms with Crippen molar-refractivity contribution in [2.75, 3.05) is 6.54 Å². The minimum atomic E-state index is -4.20. The first-order valence-electron chi connectivity index (χ1n) is 4.41. The second-order valence-corrected chi connectivity index (χ2v) is 3.51. The topological polar surface area (TPSA) is 49.3 Å². The second kappa shape index (κ2) is 4.16. The van der Waals surface area contributed by atoms with Gasteiger partial charge in [-0.3, -0.25) is 4.79 Å². The summed E-state index contributed by atoms with van der Waals surface area (Å²) >= 11 is 0. The molecule has 1 heterocycles. The first-order chi connectivity index (χ1) is 6.39. The van der Waals surface area contributed by atoms with Gasteiger partial charge in [-0.25, -0.2) is 0 Å². The molecule has 0 unspecified atom stereocenters. The highest BCUT2D eigenvalue weighted by molar-refractivity contribution is 5.67. The van der Waals surface area contributed by atoms with E-state index in [2.05, 4.69) is 5.32 Å². The lowest BCUT2D eigenvalue weighted by molar-refractivity contribution is -0.183. The molecule has 0 bridgehead atoms. The van der Waals surface area contributed by atoms with Crippen LogP contribution in [0.15, 0.2) is 0 Å². The summed E-state index contributed by atoms with van der Waals surface area (Å²) in [6.07, 6.45) is -4.53. The molecule has 3 nitrogen and oxygen atoms in total. The first-order valence-corrected chi connectivity index (χ1v) is 4.41. The molecule has 0 saturated carbocycles. The van der Waals surface area contributed by atoms with Crippen LogP contribution in [0.25, 0.3) is 0 Å². The van der Waals surface area contributed by atoms with Crippen molar-refractivity contribution in [1.82, 2.24) is 5.32 Å². The summed E-state index contributed by atoms with van der Waals surface area (Å²) in [6, 6.07) is -0.548. The zero-order chi connectivity index (χ0) is 10.8. The van der Waals surface area contributed by atoms with Crippen LogP contribution in [0.3, 0.4) is 0 Å². The average Bonchev–Trinajstić information content (AvgIpc) is 2.01. The van der Waals surface area contributed by atoms with Crippen LogP contribution in [0.1, 0.15) is 19.3 Å². The maximum Gasteiger partial charge on any atom is 0.391 e. The smallest absolute Gasteiger partial charge is 0.391 e. The number of hydrogen-bond acceptors (Lipinski definition) is 2. The number of piperidine rings is 1. The highest BCUT2D eigenvalue weighted by atomic mass is 19.4. The van der Waals surface area contributed by atoms with E-state index >= 15 is 0 Å². The lowest BCUT2D eigenvalue weighted by Gasteiger charge is -2.30. The Kier molecular flexibility index (Phi) is 3.36. The van der Waals surface area contributed by atoms with Crippen molar-refractivity contribution in [3.63, 3.8) is 0 Å². The van der Waals surface area contributed by atoms with E-state index in [9.17, 15) is 18.0 Å². The van der Waals surface area contributed by atoms with Crippen molar-refractivity contribution in [3.8, 4) is 0 Å². The van der Waals surface area contributed by atoms with Crippen LogP contribution in [0.4, 0.5) is 13.2 Å². The quantitative estimate of drug-likeness (QED) is 0.725. The number of rotatable bonds is 2. The molecule has 14 heavy (non-hydrogen) atoms. The zero-order valence-corrected chi connectivity index (χ0v) is 7.47. The molecular formula is C8H12F3NO2. The molecule has 1 aliphatic heterocycles. The minimum absolute atomic E-state index is 0.0413. The van der Waals surface area contributed by atoms with Gasteiger partial charge in [-0.05, 0) is 19.4 Å². The third kappa shape index (κ3) is 3.17. The van der Waals surface area contributed by atoms with Gasteiger partial charge in [-0.2, -0.15) is 13.2 Å².